The summed E-state index contributed by atoms with van der Waals surface area (Å²) < 4.78 is 13.4. The first-order valence-electron chi connectivity index (χ1n) is 11.4. The van der Waals surface area contributed by atoms with Gasteiger partial charge in [0.15, 0.2) is 0 Å². The number of nitrogens with zero attached hydrogens (tertiary/aromatic N) is 4. The molecule has 1 aromatic carbocycles. The van der Waals surface area contributed by atoms with Crippen molar-refractivity contribution < 1.29 is 14.1 Å². The van der Waals surface area contributed by atoms with Gasteiger partial charge in [-0.1, -0.05) is 35.0 Å². The van der Waals surface area contributed by atoms with Crippen LogP contribution in [0.1, 0.15) is 43.7 Å². The van der Waals surface area contributed by atoms with Gasteiger partial charge in [0.25, 0.3) is 0 Å². The third kappa shape index (κ3) is 4.78. The minimum absolute atomic E-state index is 0.151. The van der Waals surface area contributed by atoms with Crippen molar-refractivity contribution in [1.82, 2.24) is 19.6 Å². The Morgan fingerprint density at radius 2 is 2.06 bits per heavy atom. The van der Waals surface area contributed by atoms with Crippen molar-refractivity contribution in [2.24, 2.45) is 5.41 Å². The highest BCUT2D eigenvalue weighted by Gasteiger charge is 2.44. The molecule has 170 valence electrons. The van der Waals surface area contributed by atoms with Crippen molar-refractivity contribution >= 4 is 5.97 Å². The molecule has 0 bridgehead atoms. The van der Waals surface area contributed by atoms with Crippen LogP contribution in [0.15, 0.2) is 47.4 Å². The Bertz CT molecular complexity index is 1040. The van der Waals surface area contributed by atoms with Crippen LogP contribution in [0.2, 0.25) is 0 Å². The summed E-state index contributed by atoms with van der Waals surface area (Å²) in [5.41, 5.74) is 3.52. The number of benzene rings is 1. The Balaban J connectivity index is 1.55. The molecule has 0 N–H and O–H groups in total. The molecule has 0 unspecified atom stereocenters. The van der Waals surface area contributed by atoms with Crippen LogP contribution in [0, 0.1) is 12.3 Å². The molecule has 1 fully saturated rings. The van der Waals surface area contributed by atoms with Gasteiger partial charge in [-0.2, -0.15) is 0 Å². The van der Waals surface area contributed by atoms with Crippen molar-refractivity contribution in [3.8, 4) is 11.3 Å². The lowest BCUT2D eigenvalue weighted by Gasteiger charge is -2.40. The average Bonchev–Trinajstić information content (AvgIpc) is 3.44. The predicted octanol–water partition coefficient (Wildman–Crippen LogP) is 4.25. The quantitative estimate of drug-likeness (QED) is 0.492. The van der Waals surface area contributed by atoms with E-state index >= 15 is 0 Å². The minimum atomic E-state index is -0.643. The highest BCUT2D eigenvalue weighted by Crippen LogP contribution is 2.36. The predicted molar refractivity (Wildman–Crippen MR) is 122 cm³/mol. The third-order valence-corrected chi connectivity index (χ3v) is 6.31. The zero-order valence-corrected chi connectivity index (χ0v) is 19.2. The SMILES string of the molecule is CCOC(=O)[C@@]1(Cc2cc(-c3ccc(C)cc3)no2)CCCN(Cc2cncn2CC)C1. The molecule has 0 saturated carbocycles. The number of likely N-dealkylation sites (tertiary alicyclic amines) is 1. The number of imidazole rings is 1. The summed E-state index contributed by atoms with van der Waals surface area (Å²) in [6.45, 7) is 9.61. The second kappa shape index (κ2) is 9.69. The maximum Gasteiger partial charge on any atom is 0.313 e. The molecule has 3 heterocycles. The molecule has 4 rings (SSSR count). The summed E-state index contributed by atoms with van der Waals surface area (Å²) in [6.07, 6.45) is 5.95. The summed E-state index contributed by atoms with van der Waals surface area (Å²) in [4.78, 5) is 19.8. The van der Waals surface area contributed by atoms with Crippen LogP contribution in [0.25, 0.3) is 11.3 Å². The van der Waals surface area contributed by atoms with Crippen LogP contribution in [0.4, 0.5) is 0 Å². The lowest BCUT2D eigenvalue weighted by atomic mass is 9.76. The van der Waals surface area contributed by atoms with Gasteiger partial charge in [-0.3, -0.25) is 9.69 Å². The normalized spacial score (nSPS) is 19.2. The van der Waals surface area contributed by atoms with Gasteiger partial charge in [-0.05, 0) is 40.2 Å². The number of aryl methyl sites for hydroxylation is 2. The molecule has 7 nitrogen and oxygen atoms in total. The van der Waals surface area contributed by atoms with E-state index in [0.717, 1.165) is 49.4 Å². The van der Waals surface area contributed by atoms with Crippen molar-refractivity contribution in [3.05, 3.63) is 59.9 Å². The highest BCUT2D eigenvalue weighted by molar-refractivity contribution is 5.77. The number of carbonyl (C=O) groups is 1. The van der Waals surface area contributed by atoms with E-state index in [9.17, 15) is 4.79 Å². The Morgan fingerprint density at radius 3 is 2.81 bits per heavy atom. The van der Waals surface area contributed by atoms with E-state index in [1.807, 2.05) is 37.6 Å². The van der Waals surface area contributed by atoms with E-state index in [-0.39, 0.29) is 5.97 Å². The summed E-state index contributed by atoms with van der Waals surface area (Å²) in [5.74, 6) is 0.566. The van der Waals surface area contributed by atoms with Crippen LogP contribution in [-0.2, 0) is 29.0 Å². The Hall–Kier alpha value is -2.93. The molecule has 1 aliphatic heterocycles. The second-order valence-corrected chi connectivity index (χ2v) is 8.71. The van der Waals surface area contributed by atoms with Crippen LogP contribution < -0.4 is 0 Å². The fourth-order valence-corrected chi connectivity index (χ4v) is 4.61. The smallest absolute Gasteiger partial charge is 0.313 e. The standard InChI is InChI=1S/C25H32N4O3/c1-4-29-18-26-15-21(29)16-28-12-6-11-25(17-28,24(30)31-5-2)14-22-13-23(27-32-22)20-9-7-19(3)8-10-20/h7-10,13,15,18H,4-6,11-12,14,16-17H2,1-3H3/t25-/m1/s1. The molecule has 0 spiro atoms. The van der Waals surface area contributed by atoms with E-state index in [0.29, 0.717) is 25.3 Å². The number of esters is 1. The number of ether oxygens (including phenoxy) is 1. The Labute approximate surface area is 189 Å². The van der Waals surface area contributed by atoms with Crippen LogP contribution in [0.5, 0.6) is 0 Å². The molecule has 32 heavy (non-hydrogen) atoms. The molecule has 1 saturated heterocycles. The lowest BCUT2D eigenvalue weighted by molar-refractivity contribution is -0.159. The maximum atomic E-state index is 13.2. The number of hydrogen-bond acceptors (Lipinski definition) is 6. The molecule has 3 aromatic rings. The number of aromatic nitrogens is 3. The number of piperidine rings is 1. The topological polar surface area (TPSA) is 73.4 Å². The molecule has 0 radical (unpaired) electrons. The molecule has 0 aliphatic carbocycles. The number of rotatable bonds is 8. The van der Waals surface area contributed by atoms with E-state index in [2.05, 4.69) is 45.6 Å². The van der Waals surface area contributed by atoms with Crippen molar-refractivity contribution in [3.63, 3.8) is 0 Å². The largest absolute Gasteiger partial charge is 0.466 e. The number of carbonyl (C=O) groups excluding carboxylic acids is 1. The maximum absolute atomic E-state index is 13.2. The molecule has 7 heteroatoms. The van der Waals surface area contributed by atoms with Crippen LogP contribution in [0.3, 0.4) is 0 Å². The molecule has 0 amide bonds. The monoisotopic (exact) mass is 436 g/mol. The van der Waals surface area contributed by atoms with Crippen molar-refractivity contribution in [1.29, 1.82) is 0 Å². The molecule has 1 aliphatic rings. The van der Waals surface area contributed by atoms with E-state index in [4.69, 9.17) is 9.26 Å². The van der Waals surface area contributed by atoms with E-state index in [1.165, 1.54) is 5.56 Å². The van der Waals surface area contributed by atoms with Gasteiger partial charge < -0.3 is 13.8 Å². The Morgan fingerprint density at radius 1 is 1.25 bits per heavy atom. The molecule has 2 aromatic heterocycles. The first-order valence-corrected chi connectivity index (χ1v) is 11.4. The fourth-order valence-electron chi connectivity index (χ4n) is 4.61. The summed E-state index contributed by atoms with van der Waals surface area (Å²) >= 11 is 0. The summed E-state index contributed by atoms with van der Waals surface area (Å²) in [6, 6.07) is 10.2. The third-order valence-electron chi connectivity index (χ3n) is 6.31. The van der Waals surface area contributed by atoms with Gasteiger partial charge in [0.2, 0.25) is 0 Å². The van der Waals surface area contributed by atoms with Gasteiger partial charge in [0.05, 0.1) is 24.0 Å². The number of hydrogen-bond donors (Lipinski definition) is 0. The Kier molecular flexibility index (Phi) is 6.74. The molecular weight excluding hydrogens is 404 g/mol. The van der Waals surface area contributed by atoms with Crippen molar-refractivity contribution in [2.75, 3.05) is 19.7 Å². The van der Waals surface area contributed by atoms with Crippen LogP contribution >= 0.6 is 0 Å². The summed E-state index contributed by atoms with van der Waals surface area (Å²) in [7, 11) is 0. The first-order chi connectivity index (χ1) is 15.5. The van der Waals surface area contributed by atoms with Gasteiger partial charge >= 0.3 is 5.97 Å². The van der Waals surface area contributed by atoms with E-state index < -0.39 is 5.41 Å². The zero-order valence-electron chi connectivity index (χ0n) is 19.2. The molecular formula is C25H32N4O3. The molecule has 1 atom stereocenters. The lowest BCUT2D eigenvalue weighted by Crippen LogP contribution is -2.49. The van der Waals surface area contributed by atoms with Gasteiger partial charge in [-0.15, -0.1) is 0 Å². The zero-order chi connectivity index (χ0) is 22.6. The second-order valence-electron chi connectivity index (χ2n) is 8.71. The van der Waals surface area contributed by atoms with Gasteiger partial charge in [-0.25, -0.2) is 4.98 Å². The summed E-state index contributed by atoms with van der Waals surface area (Å²) in [5, 5.41) is 4.27. The minimum Gasteiger partial charge on any atom is -0.466 e. The van der Waals surface area contributed by atoms with Crippen molar-refractivity contribution in [2.45, 2.75) is 53.1 Å². The van der Waals surface area contributed by atoms with Gasteiger partial charge in [0, 0.05) is 43.9 Å². The van der Waals surface area contributed by atoms with Crippen LogP contribution in [-0.4, -0.2) is 45.3 Å². The first kappa shape index (κ1) is 22.3. The van der Waals surface area contributed by atoms with Gasteiger partial charge in [0.1, 0.15) is 11.5 Å². The highest BCUT2D eigenvalue weighted by atomic mass is 16.5. The van der Waals surface area contributed by atoms with E-state index in [1.54, 1.807) is 0 Å². The average molecular weight is 437 g/mol. The fraction of sp³-hybridized carbons (Fsp3) is 0.480.